The summed E-state index contributed by atoms with van der Waals surface area (Å²) >= 11 is 1.30. The SMILES string of the molecule is Cc1ccc(S(=O)(=O)/N=c2\sc3cc4c(cc3n2C)OCO4)cc1. The molecule has 2 heterocycles. The van der Waals surface area contributed by atoms with Crippen LogP contribution in [0.1, 0.15) is 5.56 Å². The fourth-order valence-electron chi connectivity index (χ4n) is 2.47. The van der Waals surface area contributed by atoms with Gasteiger partial charge in [0.2, 0.25) is 11.6 Å². The van der Waals surface area contributed by atoms with E-state index in [-0.39, 0.29) is 11.7 Å². The van der Waals surface area contributed by atoms with Gasteiger partial charge in [0, 0.05) is 19.2 Å². The average molecular weight is 362 g/mol. The molecule has 4 rings (SSSR count). The summed E-state index contributed by atoms with van der Waals surface area (Å²) in [4.78, 5) is 0.578. The van der Waals surface area contributed by atoms with Gasteiger partial charge in [-0.2, -0.15) is 8.42 Å². The lowest BCUT2D eigenvalue weighted by molar-refractivity contribution is 0.174. The second-order valence-corrected chi connectivity index (χ2v) is 8.11. The molecule has 0 spiro atoms. The van der Waals surface area contributed by atoms with E-state index in [1.165, 1.54) is 11.3 Å². The van der Waals surface area contributed by atoms with Crippen LogP contribution in [0.15, 0.2) is 45.7 Å². The number of benzene rings is 2. The van der Waals surface area contributed by atoms with E-state index in [4.69, 9.17) is 9.47 Å². The highest BCUT2D eigenvalue weighted by atomic mass is 32.2. The van der Waals surface area contributed by atoms with E-state index in [2.05, 4.69) is 4.40 Å². The molecule has 0 N–H and O–H groups in total. The Kier molecular flexibility index (Phi) is 3.40. The third-order valence-corrected chi connectivity index (χ3v) is 6.31. The second kappa shape index (κ2) is 5.35. The van der Waals surface area contributed by atoms with Crippen molar-refractivity contribution in [1.82, 2.24) is 4.57 Å². The van der Waals surface area contributed by atoms with Gasteiger partial charge in [-0.1, -0.05) is 29.0 Å². The summed E-state index contributed by atoms with van der Waals surface area (Å²) in [7, 11) is -1.98. The molecule has 3 aromatic rings. The molecule has 0 unspecified atom stereocenters. The number of ether oxygens (including phenoxy) is 2. The zero-order chi connectivity index (χ0) is 16.9. The maximum atomic E-state index is 12.5. The number of hydrogen-bond donors (Lipinski definition) is 0. The zero-order valence-electron chi connectivity index (χ0n) is 13.0. The minimum atomic E-state index is -3.76. The Bertz CT molecular complexity index is 1110. The molecule has 1 aromatic heterocycles. The molecule has 0 fully saturated rings. The topological polar surface area (TPSA) is 69.9 Å². The average Bonchev–Trinajstić information content (AvgIpc) is 3.10. The molecule has 1 aliphatic heterocycles. The van der Waals surface area contributed by atoms with E-state index >= 15 is 0 Å². The molecule has 0 radical (unpaired) electrons. The smallest absolute Gasteiger partial charge is 0.285 e. The van der Waals surface area contributed by atoms with Crippen molar-refractivity contribution in [2.24, 2.45) is 11.4 Å². The Morgan fingerprint density at radius 1 is 1.12 bits per heavy atom. The van der Waals surface area contributed by atoms with Gasteiger partial charge in [0.15, 0.2) is 11.5 Å². The predicted octanol–water partition coefficient (Wildman–Crippen LogP) is 2.57. The number of sulfonamides is 1. The first-order valence-corrected chi connectivity index (χ1v) is 9.46. The number of thiazole rings is 1. The molecule has 0 saturated carbocycles. The van der Waals surface area contributed by atoms with Gasteiger partial charge in [-0.15, -0.1) is 4.40 Å². The minimum Gasteiger partial charge on any atom is -0.454 e. The predicted molar refractivity (Wildman–Crippen MR) is 90.8 cm³/mol. The lowest BCUT2D eigenvalue weighted by Gasteiger charge is -2.00. The monoisotopic (exact) mass is 362 g/mol. The summed E-state index contributed by atoms with van der Waals surface area (Å²) in [6, 6.07) is 10.3. The lowest BCUT2D eigenvalue weighted by Crippen LogP contribution is -2.13. The van der Waals surface area contributed by atoms with Gasteiger partial charge < -0.3 is 14.0 Å². The molecule has 8 heteroatoms. The number of hydrogen-bond acceptors (Lipinski definition) is 5. The minimum absolute atomic E-state index is 0.180. The van der Waals surface area contributed by atoms with Crippen molar-refractivity contribution in [3.8, 4) is 11.5 Å². The van der Waals surface area contributed by atoms with E-state index in [0.29, 0.717) is 16.3 Å². The van der Waals surface area contributed by atoms with Gasteiger partial charge in [0.1, 0.15) is 0 Å². The molecule has 0 aliphatic carbocycles. The Balaban J connectivity index is 1.88. The quantitative estimate of drug-likeness (QED) is 0.703. The molecule has 0 bridgehead atoms. The van der Waals surface area contributed by atoms with Crippen LogP contribution in [-0.2, 0) is 17.1 Å². The van der Waals surface area contributed by atoms with Gasteiger partial charge in [0.25, 0.3) is 10.0 Å². The standard InChI is InChI=1S/C16H14N2O4S2/c1-10-3-5-11(6-4-10)24(19,20)17-16-18(2)12-7-13-14(22-9-21-13)8-15(12)23-16/h3-8H,9H2,1-2H3/b17-16-. The molecule has 124 valence electrons. The van der Waals surface area contributed by atoms with Gasteiger partial charge in [-0.3, -0.25) is 0 Å². The molecule has 6 nitrogen and oxygen atoms in total. The summed E-state index contributed by atoms with van der Waals surface area (Å²) in [5.74, 6) is 1.32. The van der Waals surface area contributed by atoms with Crippen molar-refractivity contribution in [2.75, 3.05) is 6.79 Å². The van der Waals surface area contributed by atoms with Gasteiger partial charge in [-0.05, 0) is 19.1 Å². The van der Waals surface area contributed by atoms with Crippen molar-refractivity contribution in [3.63, 3.8) is 0 Å². The molecule has 1 aliphatic rings. The highest BCUT2D eigenvalue weighted by Crippen LogP contribution is 2.36. The van der Waals surface area contributed by atoms with Crippen LogP contribution in [0.3, 0.4) is 0 Å². The summed E-state index contributed by atoms with van der Waals surface area (Å²) in [6.07, 6.45) is 0. The number of rotatable bonds is 2. The van der Waals surface area contributed by atoms with Gasteiger partial charge >= 0.3 is 0 Å². The Morgan fingerprint density at radius 3 is 2.50 bits per heavy atom. The number of fused-ring (bicyclic) bond motifs is 2. The van der Waals surface area contributed by atoms with Crippen LogP contribution in [0.4, 0.5) is 0 Å². The second-order valence-electron chi connectivity index (χ2n) is 5.50. The van der Waals surface area contributed by atoms with E-state index in [1.807, 2.05) is 19.1 Å². The molecule has 2 aromatic carbocycles. The molecule has 0 saturated heterocycles. The van der Waals surface area contributed by atoms with Crippen molar-refractivity contribution >= 4 is 31.6 Å². The molecular weight excluding hydrogens is 348 g/mol. The van der Waals surface area contributed by atoms with Gasteiger partial charge in [-0.25, -0.2) is 0 Å². The van der Waals surface area contributed by atoms with Crippen molar-refractivity contribution in [1.29, 1.82) is 0 Å². The highest BCUT2D eigenvalue weighted by molar-refractivity contribution is 7.90. The number of aromatic nitrogens is 1. The molecule has 0 atom stereocenters. The van der Waals surface area contributed by atoms with Crippen LogP contribution in [0, 0.1) is 6.92 Å². The highest BCUT2D eigenvalue weighted by Gasteiger charge is 2.18. The van der Waals surface area contributed by atoms with Crippen molar-refractivity contribution in [2.45, 2.75) is 11.8 Å². The zero-order valence-corrected chi connectivity index (χ0v) is 14.6. The summed E-state index contributed by atoms with van der Waals surface area (Å²) in [5, 5.41) is 0. The van der Waals surface area contributed by atoms with Gasteiger partial charge in [0.05, 0.1) is 15.1 Å². The number of aryl methyl sites for hydroxylation is 2. The summed E-state index contributed by atoms with van der Waals surface area (Å²) < 4.78 is 42.4. The van der Waals surface area contributed by atoms with Crippen molar-refractivity contribution in [3.05, 3.63) is 46.8 Å². The van der Waals surface area contributed by atoms with Crippen LogP contribution >= 0.6 is 11.3 Å². The van der Waals surface area contributed by atoms with Crippen LogP contribution in [0.25, 0.3) is 10.2 Å². The number of nitrogens with zero attached hydrogens (tertiary/aromatic N) is 2. The van der Waals surface area contributed by atoms with Crippen LogP contribution in [-0.4, -0.2) is 19.8 Å². The maximum Gasteiger partial charge on any atom is 0.285 e. The van der Waals surface area contributed by atoms with Crippen LogP contribution in [0.2, 0.25) is 0 Å². The molecular formula is C16H14N2O4S2. The molecule has 24 heavy (non-hydrogen) atoms. The maximum absolute atomic E-state index is 12.5. The Morgan fingerprint density at radius 2 is 1.79 bits per heavy atom. The lowest BCUT2D eigenvalue weighted by atomic mass is 10.2. The van der Waals surface area contributed by atoms with E-state index in [1.54, 1.807) is 35.9 Å². The van der Waals surface area contributed by atoms with Crippen molar-refractivity contribution < 1.29 is 17.9 Å². The van der Waals surface area contributed by atoms with E-state index in [9.17, 15) is 8.42 Å². The molecule has 0 amide bonds. The third kappa shape index (κ3) is 2.47. The van der Waals surface area contributed by atoms with Crippen LogP contribution in [0.5, 0.6) is 11.5 Å². The Labute approximate surface area is 142 Å². The van der Waals surface area contributed by atoms with E-state index < -0.39 is 10.0 Å². The first kappa shape index (κ1) is 15.2. The van der Waals surface area contributed by atoms with Crippen LogP contribution < -0.4 is 14.3 Å². The largest absolute Gasteiger partial charge is 0.454 e. The Hall–Kier alpha value is -2.32. The first-order valence-electron chi connectivity index (χ1n) is 7.21. The fourth-order valence-corrected chi connectivity index (χ4v) is 4.73. The third-order valence-electron chi connectivity index (χ3n) is 3.82. The fraction of sp³-hybridized carbons (Fsp3) is 0.188. The summed E-state index contributed by atoms with van der Waals surface area (Å²) in [6.45, 7) is 2.11. The first-order chi connectivity index (χ1) is 11.4. The normalized spacial score (nSPS) is 14.5. The van der Waals surface area contributed by atoms with E-state index in [0.717, 1.165) is 15.8 Å². The summed E-state index contributed by atoms with van der Waals surface area (Å²) in [5.41, 5.74) is 1.85.